The SMILES string of the molecule is CC(CCOC(=O)NC(C)(C)C)C1(c2ccccc2)NN=C(c2cccc(F)c2)S1. The number of rotatable bonds is 6. The Morgan fingerprint density at radius 1 is 1.23 bits per heavy atom. The second-order valence-corrected chi connectivity index (χ2v) is 9.68. The highest BCUT2D eigenvalue weighted by atomic mass is 32.2. The second-order valence-electron chi connectivity index (χ2n) is 8.44. The van der Waals surface area contributed by atoms with Gasteiger partial charge in [0.2, 0.25) is 0 Å². The molecule has 0 radical (unpaired) electrons. The quantitative estimate of drug-likeness (QED) is 0.660. The molecule has 2 aromatic rings. The summed E-state index contributed by atoms with van der Waals surface area (Å²) in [6.07, 6.45) is 0.213. The molecule has 2 unspecified atom stereocenters. The summed E-state index contributed by atoms with van der Waals surface area (Å²) in [6, 6.07) is 16.5. The first-order valence-corrected chi connectivity index (χ1v) is 10.8. The minimum Gasteiger partial charge on any atom is -0.450 e. The van der Waals surface area contributed by atoms with Crippen LogP contribution in [0.1, 0.15) is 45.2 Å². The molecule has 0 aromatic heterocycles. The number of hydrogen-bond acceptors (Lipinski definition) is 5. The van der Waals surface area contributed by atoms with E-state index in [1.807, 2.05) is 57.2 Å². The number of carbonyl (C=O) groups excluding carboxylic acids is 1. The molecule has 7 heteroatoms. The second kappa shape index (κ2) is 9.08. The zero-order chi connectivity index (χ0) is 21.8. The lowest BCUT2D eigenvalue weighted by Crippen LogP contribution is -2.42. The molecule has 2 N–H and O–H groups in total. The van der Waals surface area contributed by atoms with Gasteiger partial charge < -0.3 is 10.1 Å². The van der Waals surface area contributed by atoms with E-state index < -0.39 is 11.0 Å². The first-order chi connectivity index (χ1) is 14.2. The van der Waals surface area contributed by atoms with Gasteiger partial charge in [-0.3, -0.25) is 5.43 Å². The number of nitrogens with one attached hydrogen (secondary N) is 2. The molecular formula is C23H28FN3O2S. The molecule has 160 valence electrons. The number of nitrogens with zero attached hydrogens (tertiary/aromatic N) is 1. The molecule has 1 heterocycles. The van der Waals surface area contributed by atoms with Crippen LogP contribution in [0.25, 0.3) is 0 Å². The predicted octanol–water partition coefficient (Wildman–Crippen LogP) is 5.23. The van der Waals surface area contributed by atoms with Gasteiger partial charge in [0.25, 0.3) is 0 Å². The van der Waals surface area contributed by atoms with E-state index >= 15 is 0 Å². The maximum absolute atomic E-state index is 13.7. The third-order valence-electron chi connectivity index (χ3n) is 4.81. The molecule has 2 atom stereocenters. The van der Waals surface area contributed by atoms with E-state index in [-0.39, 0.29) is 23.9 Å². The lowest BCUT2D eigenvalue weighted by atomic mass is 9.91. The zero-order valence-corrected chi connectivity index (χ0v) is 18.6. The Balaban J connectivity index is 1.74. The van der Waals surface area contributed by atoms with Gasteiger partial charge in [-0.2, -0.15) is 5.10 Å². The molecule has 0 saturated carbocycles. The summed E-state index contributed by atoms with van der Waals surface area (Å²) in [5.41, 5.74) is 4.76. The molecule has 1 aliphatic rings. The highest BCUT2D eigenvalue weighted by Crippen LogP contribution is 2.47. The van der Waals surface area contributed by atoms with Crippen molar-refractivity contribution >= 4 is 22.9 Å². The van der Waals surface area contributed by atoms with E-state index in [4.69, 9.17) is 4.74 Å². The van der Waals surface area contributed by atoms with Crippen LogP contribution in [0.4, 0.5) is 9.18 Å². The third kappa shape index (κ3) is 5.33. The molecule has 0 bridgehead atoms. The van der Waals surface area contributed by atoms with Crippen LogP contribution in [0.15, 0.2) is 59.7 Å². The van der Waals surface area contributed by atoms with Gasteiger partial charge in [0.15, 0.2) is 0 Å². The normalized spacial score (nSPS) is 19.6. The zero-order valence-electron chi connectivity index (χ0n) is 17.7. The maximum atomic E-state index is 13.7. The number of ether oxygens (including phenoxy) is 1. The first kappa shape index (κ1) is 22.2. The molecule has 0 aliphatic carbocycles. The lowest BCUT2D eigenvalue weighted by molar-refractivity contribution is 0.127. The summed E-state index contributed by atoms with van der Waals surface area (Å²) in [5.74, 6) is -0.221. The smallest absolute Gasteiger partial charge is 0.407 e. The Morgan fingerprint density at radius 3 is 2.63 bits per heavy atom. The Kier molecular flexibility index (Phi) is 6.71. The number of alkyl carbamates (subject to hydrolysis) is 1. The van der Waals surface area contributed by atoms with Crippen molar-refractivity contribution in [1.82, 2.24) is 10.7 Å². The minimum absolute atomic E-state index is 0.0714. The predicted molar refractivity (Wildman–Crippen MR) is 120 cm³/mol. The summed E-state index contributed by atoms with van der Waals surface area (Å²) in [6.45, 7) is 8.11. The van der Waals surface area contributed by atoms with Gasteiger partial charge in [0.1, 0.15) is 15.7 Å². The first-order valence-electron chi connectivity index (χ1n) is 10.00. The number of hydrogen-bond donors (Lipinski definition) is 2. The monoisotopic (exact) mass is 429 g/mol. The van der Waals surface area contributed by atoms with Crippen molar-refractivity contribution in [2.45, 2.75) is 44.5 Å². The van der Waals surface area contributed by atoms with Crippen molar-refractivity contribution < 1.29 is 13.9 Å². The van der Waals surface area contributed by atoms with Gasteiger partial charge in [-0.25, -0.2) is 9.18 Å². The van der Waals surface area contributed by atoms with Gasteiger partial charge in [-0.05, 0) is 50.8 Å². The summed E-state index contributed by atoms with van der Waals surface area (Å²) in [7, 11) is 0. The number of hydrazone groups is 1. The van der Waals surface area contributed by atoms with E-state index in [1.165, 1.54) is 12.1 Å². The van der Waals surface area contributed by atoms with Crippen molar-refractivity contribution in [3.63, 3.8) is 0 Å². The van der Waals surface area contributed by atoms with Crippen molar-refractivity contribution in [2.24, 2.45) is 11.0 Å². The summed E-state index contributed by atoms with van der Waals surface area (Å²) < 4.78 is 19.1. The molecule has 1 aliphatic heterocycles. The molecule has 5 nitrogen and oxygen atoms in total. The summed E-state index contributed by atoms with van der Waals surface area (Å²) in [4.78, 5) is 11.4. The van der Waals surface area contributed by atoms with Gasteiger partial charge in [0, 0.05) is 11.1 Å². The molecule has 0 saturated heterocycles. The molecular weight excluding hydrogens is 401 g/mol. The maximum Gasteiger partial charge on any atom is 0.407 e. The fourth-order valence-electron chi connectivity index (χ4n) is 3.26. The Labute approximate surface area is 181 Å². The standard InChI is InChI=1S/C23H28FN3O2S/c1-16(13-14-29-21(28)25-22(2,3)4)23(18-10-6-5-7-11-18)27-26-20(30-23)17-9-8-12-19(24)15-17/h5-12,15-16,27H,13-14H2,1-4H3,(H,25,28). The molecule has 0 fully saturated rings. The third-order valence-corrected chi connectivity index (χ3v) is 6.38. The minimum atomic E-state index is -0.535. The van der Waals surface area contributed by atoms with Gasteiger partial charge in [-0.15, -0.1) is 0 Å². The van der Waals surface area contributed by atoms with Crippen LogP contribution in [0.5, 0.6) is 0 Å². The number of halogens is 1. The average Bonchev–Trinajstić information content (AvgIpc) is 3.14. The summed E-state index contributed by atoms with van der Waals surface area (Å²) >= 11 is 1.57. The highest BCUT2D eigenvalue weighted by Gasteiger charge is 2.44. The van der Waals surface area contributed by atoms with E-state index in [0.29, 0.717) is 6.42 Å². The Hall–Kier alpha value is -2.54. The Bertz CT molecular complexity index is 914. The van der Waals surface area contributed by atoms with Crippen LogP contribution in [0.2, 0.25) is 0 Å². The molecule has 2 aromatic carbocycles. The van der Waals surface area contributed by atoms with Crippen LogP contribution < -0.4 is 10.7 Å². The van der Waals surface area contributed by atoms with Crippen LogP contribution in [-0.4, -0.2) is 23.3 Å². The van der Waals surface area contributed by atoms with Crippen molar-refractivity contribution in [3.8, 4) is 0 Å². The van der Waals surface area contributed by atoms with E-state index in [0.717, 1.165) is 16.2 Å². The van der Waals surface area contributed by atoms with E-state index in [1.54, 1.807) is 17.8 Å². The number of carbonyl (C=O) groups is 1. The number of benzene rings is 2. The van der Waals surface area contributed by atoms with Crippen molar-refractivity contribution in [2.75, 3.05) is 6.61 Å². The van der Waals surface area contributed by atoms with Gasteiger partial charge in [0.05, 0.1) is 6.61 Å². The van der Waals surface area contributed by atoms with Gasteiger partial charge >= 0.3 is 6.09 Å². The van der Waals surface area contributed by atoms with Crippen molar-refractivity contribution in [3.05, 3.63) is 71.5 Å². The van der Waals surface area contributed by atoms with Crippen LogP contribution >= 0.6 is 11.8 Å². The van der Waals surface area contributed by atoms with E-state index in [9.17, 15) is 9.18 Å². The average molecular weight is 430 g/mol. The Morgan fingerprint density at radius 2 is 1.97 bits per heavy atom. The fraction of sp³-hybridized carbons (Fsp3) is 0.391. The van der Waals surface area contributed by atoms with Gasteiger partial charge in [-0.1, -0.05) is 61.2 Å². The van der Waals surface area contributed by atoms with Crippen LogP contribution in [0.3, 0.4) is 0 Å². The topological polar surface area (TPSA) is 62.7 Å². The molecule has 0 spiro atoms. The lowest BCUT2D eigenvalue weighted by Gasteiger charge is -2.34. The molecule has 30 heavy (non-hydrogen) atoms. The molecule has 3 rings (SSSR count). The number of amides is 1. The van der Waals surface area contributed by atoms with Crippen LogP contribution in [0, 0.1) is 11.7 Å². The summed E-state index contributed by atoms with van der Waals surface area (Å²) in [5, 5.41) is 8.06. The fourth-order valence-corrected chi connectivity index (χ4v) is 4.56. The van der Waals surface area contributed by atoms with Crippen LogP contribution in [-0.2, 0) is 9.61 Å². The largest absolute Gasteiger partial charge is 0.450 e. The molecule has 1 amide bonds. The number of thioether (sulfide) groups is 1. The van der Waals surface area contributed by atoms with Crippen molar-refractivity contribution in [1.29, 1.82) is 0 Å². The highest BCUT2D eigenvalue weighted by molar-refractivity contribution is 8.15. The van der Waals surface area contributed by atoms with E-state index in [2.05, 4.69) is 22.8 Å².